The van der Waals surface area contributed by atoms with E-state index < -0.39 is 0 Å². The maximum Gasteiger partial charge on any atom is 0.221 e. The second kappa shape index (κ2) is 8.60. The molecule has 0 aliphatic heterocycles. The summed E-state index contributed by atoms with van der Waals surface area (Å²) in [6, 6.07) is 5.83. The molecule has 3 aromatic rings. The van der Waals surface area contributed by atoms with E-state index in [4.69, 9.17) is 19.7 Å². The van der Waals surface area contributed by atoms with Gasteiger partial charge in [0.2, 0.25) is 5.95 Å². The van der Waals surface area contributed by atoms with E-state index >= 15 is 0 Å². The minimum absolute atomic E-state index is 0.209. The Morgan fingerprint density at radius 2 is 1.89 bits per heavy atom. The molecule has 0 aliphatic carbocycles. The normalized spacial score (nSPS) is 10.9. The van der Waals surface area contributed by atoms with Crippen LogP contribution >= 0.6 is 0 Å². The number of rotatable bonds is 8. The summed E-state index contributed by atoms with van der Waals surface area (Å²) in [4.78, 5) is 8.52. The zero-order chi connectivity index (χ0) is 20.1. The first-order valence-electron chi connectivity index (χ1n) is 9.01. The van der Waals surface area contributed by atoms with E-state index in [1.54, 1.807) is 32.7 Å². The number of nitrogens with one attached hydrogen (secondary N) is 1. The summed E-state index contributed by atoms with van der Waals surface area (Å²) in [5.41, 5.74) is 9.01. The molecule has 0 spiro atoms. The Morgan fingerprint density at radius 1 is 1.14 bits per heavy atom. The Kier molecular flexibility index (Phi) is 5.98. The molecule has 0 amide bonds. The lowest BCUT2D eigenvalue weighted by molar-refractivity contribution is 0.354. The molecule has 8 heteroatoms. The van der Waals surface area contributed by atoms with Gasteiger partial charge in [0.05, 0.1) is 27.0 Å². The van der Waals surface area contributed by atoms with Crippen LogP contribution in [0, 0.1) is 0 Å². The van der Waals surface area contributed by atoms with E-state index in [1.807, 2.05) is 12.1 Å². The number of anilines is 2. The van der Waals surface area contributed by atoms with Gasteiger partial charge in [0.1, 0.15) is 5.82 Å². The molecule has 1 aromatic carbocycles. The number of hydrogen-bond donors (Lipinski definition) is 2. The predicted molar refractivity (Wildman–Crippen MR) is 107 cm³/mol. The Labute approximate surface area is 164 Å². The fourth-order valence-corrected chi connectivity index (χ4v) is 3.04. The average Bonchev–Trinajstić information content (AvgIpc) is 3.21. The van der Waals surface area contributed by atoms with Gasteiger partial charge >= 0.3 is 0 Å². The second-order valence-electron chi connectivity index (χ2n) is 6.67. The van der Waals surface area contributed by atoms with Crippen LogP contribution in [0.25, 0.3) is 0 Å². The third kappa shape index (κ3) is 4.33. The van der Waals surface area contributed by atoms with Crippen molar-refractivity contribution < 1.29 is 14.0 Å². The largest absolute Gasteiger partial charge is 0.493 e. The van der Waals surface area contributed by atoms with E-state index in [1.165, 1.54) is 5.56 Å². The van der Waals surface area contributed by atoms with Gasteiger partial charge in [0.25, 0.3) is 0 Å². The van der Waals surface area contributed by atoms with Gasteiger partial charge in [-0.2, -0.15) is 4.98 Å². The molecule has 3 N–H and O–H groups in total. The summed E-state index contributed by atoms with van der Waals surface area (Å²) in [5, 5.41) is 6.97. The highest BCUT2D eigenvalue weighted by Gasteiger charge is 2.16. The van der Waals surface area contributed by atoms with Gasteiger partial charge in [-0.3, -0.25) is 0 Å². The van der Waals surface area contributed by atoms with E-state index in [0.29, 0.717) is 42.0 Å². The van der Waals surface area contributed by atoms with Gasteiger partial charge in [-0.15, -0.1) is 0 Å². The van der Waals surface area contributed by atoms with Gasteiger partial charge in [0.15, 0.2) is 17.3 Å². The van der Waals surface area contributed by atoms with Crippen molar-refractivity contribution in [1.82, 2.24) is 15.1 Å². The third-order valence-electron chi connectivity index (χ3n) is 4.45. The van der Waals surface area contributed by atoms with Crippen LogP contribution in [0.1, 0.15) is 42.2 Å². The lowest BCUT2D eigenvalue weighted by Crippen LogP contribution is -2.09. The molecular weight excluding hydrogens is 358 g/mol. The molecule has 0 saturated carbocycles. The predicted octanol–water partition coefficient (Wildman–Crippen LogP) is 3.39. The highest BCUT2D eigenvalue weighted by molar-refractivity contribution is 5.53. The fraction of sp³-hybridized carbons (Fsp3) is 0.350. The Hall–Kier alpha value is -3.29. The van der Waals surface area contributed by atoms with E-state index in [2.05, 4.69) is 34.3 Å². The van der Waals surface area contributed by atoms with Gasteiger partial charge in [-0.25, -0.2) is 4.98 Å². The summed E-state index contributed by atoms with van der Waals surface area (Å²) < 4.78 is 16.1. The lowest BCUT2D eigenvalue weighted by atomic mass is 9.92. The van der Waals surface area contributed by atoms with Crippen molar-refractivity contribution in [2.24, 2.45) is 0 Å². The Bertz CT molecular complexity index is 926. The van der Waals surface area contributed by atoms with Crippen LogP contribution in [-0.2, 0) is 13.0 Å². The van der Waals surface area contributed by atoms with Crippen LogP contribution in [-0.4, -0.2) is 29.3 Å². The smallest absolute Gasteiger partial charge is 0.221 e. The molecule has 0 bridgehead atoms. The van der Waals surface area contributed by atoms with Gasteiger partial charge < -0.3 is 25.0 Å². The van der Waals surface area contributed by atoms with Crippen molar-refractivity contribution in [2.75, 3.05) is 25.3 Å². The zero-order valence-electron chi connectivity index (χ0n) is 16.5. The van der Waals surface area contributed by atoms with Gasteiger partial charge in [0, 0.05) is 24.2 Å². The van der Waals surface area contributed by atoms with E-state index in [9.17, 15) is 0 Å². The SMILES string of the molecule is COc1cc(Cc2cnc(N)nc2NCc2ccno2)c(C(C)C)cc1OC. The summed E-state index contributed by atoms with van der Waals surface area (Å²) in [6.07, 6.45) is 3.96. The molecule has 3 rings (SSSR count). The molecule has 2 heterocycles. The molecule has 148 valence electrons. The molecule has 8 nitrogen and oxygen atoms in total. The summed E-state index contributed by atoms with van der Waals surface area (Å²) in [7, 11) is 3.27. The summed E-state index contributed by atoms with van der Waals surface area (Å²) in [5.74, 6) is 3.29. The van der Waals surface area contributed by atoms with Crippen molar-refractivity contribution >= 4 is 11.8 Å². The van der Waals surface area contributed by atoms with Crippen molar-refractivity contribution in [2.45, 2.75) is 32.7 Å². The first kappa shape index (κ1) is 19.5. The molecule has 0 unspecified atom stereocenters. The van der Waals surface area contributed by atoms with Crippen LogP contribution in [0.4, 0.5) is 11.8 Å². The number of ether oxygens (including phenoxy) is 2. The van der Waals surface area contributed by atoms with Crippen LogP contribution in [0.15, 0.2) is 35.1 Å². The van der Waals surface area contributed by atoms with Crippen molar-refractivity contribution in [3.63, 3.8) is 0 Å². The number of nitrogens with two attached hydrogens (primary N) is 1. The van der Waals surface area contributed by atoms with Crippen molar-refractivity contribution in [3.05, 3.63) is 53.0 Å². The molecule has 28 heavy (non-hydrogen) atoms. The number of nitrogen functional groups attached to an aromatic ring is 1. The average molecular weight is 383 g/mol. The highest BCUT2D eigenvalue weighted by atomic mass is 16.5. The van der Waals surface area contributed by atoms with Crippen LogP contribution < -0.4 is 20.5 Å². The lowest BCUT2D eigenvalue weighted by Gasteiger charge is -2.18. The monoisotopic (exact) mass is 383 g/mol. The van der Waals surface area contributed by atoms with Gasteiger partial charge in [-0.1, -0.05) is 19.0 Å². The molecule has 2 aromatic heterocycles. The highest BCUT2D eigenvalue weighted by Crippen LogP contribution is 2.35. The molecule has 0 saturated heterocycles. The standard InChI is InChI=1S/C20H25N5O3/c1-12(2)16-9-18(27-4)17(26-3)8-13(16)7-14-10-23-20(21)25-19(14)22-11-15-5-6-24-28-15/h5-6,8-10,12H,7,11H2,1-4H3,(H3,21,22,23,25). The molecule has 0 aliphatic rings. The first-order valence-corrected chi connectivity index (χ1v) is 9.01. The molecule has 0 atom stereocenters. The topological polar surface area (TPSA) is 108 Å². The Morgan fingerprint density at radius 3 is 2.54 bits per heavy atom. The second-order valence-corrected chi connectivity index (χ2v) is 6.67. The third-order valence-corrected chi connectivity index (χ3v) is 4.45. The fourth-order valence-electron chi connectivity index (χ4n) is 3.04. The van der Waals surface area contributed by atoms with Crippen LogP contribution in [0.5, 0.6) is 11.5 Å². The van der Waals surface area contributed by atoms with Crippen molar-refractivity contribution in [3.8, 4) is 11.5 Å². The van der Waals surface area contributed by atoms with Crippen LogP contribution in [0.3, 0.4) is 0 Å². The van der Waals surface area contributed by atoms with Gasteiger partial charge in [-0.05, 0) is 29.2 Å². The number of benzene rings is 1. The first-order chi connectivity index (χ1) is 13.5. The number of hydrogen-bond acceptors (Lipinski definition) is 8. The number of methoxy groups -OCH3 is 2. The number of nitrogens with zero attached hydrogens (tertiary/aromatic N) is 3. The van der Waals surface area contributed by atoms with Crippen molar-refractivity contribution in [1.29, 1.82) is 0 Å². The van der Waals surface area contributed by atoms with Crippen LogP contribution in [0.2, 0.25) is 0 Å². The summed E-state index contributed by atoms with van der Waals surface area (Å²) in [6.45, 7) is 4.74. The summed E-state index contributed by atoms with van der Waals surface area (Å²) >= 11 is 0. The van der Waals surface area contributed by atoms with E-state index in [0.717, 1.165) is 11.1 Å². The number of aromatic nitrogens is 3. The molecular formula is C20H25N5O3. The molecule has 0 fully saturated rings. The zero-order valence-corrected chi connectivity index (χ0v) is 16.5. The maximum absolute atomic E-state index is 5.80. The minimum Gasteiger partial charge on any atom is -0.493 e. The maximum atomic E-state index is 5.80. The molecule has 0 radical (unpaired) electrons. The Balaban J connectivity index is 1.94. The quantitative estimate of drug-likeness (QED) is 0.609. The van der Waals surface area contributed by atoms with E-state index in [-0.39, 0.29) is 5.95 Å². The minimum atomic E-state index is 0.209.